The first-order valence-corrected chi connectivity index (χ1v) is 8.31. The van der Waals surface area contributed by atoms with Crippen LogP contribution in [0.1, 0.15) is 5.56 Å². The van der Waals surface area contributed by atoms with E-state index in [9.17, 15) is 0 Å². The summed E-state index contributed by atoms with van der Waals surface area (Å²) in [6, 6.07) is 11.6. The van der Waals surface area contributed by atoms with Crippen LogP contribution in [0.3, 0.4) is 0 Å². The Kier molecular flexibility index (Phi) is 5.68. The number of benzene rings is 2. The van der Waals surface area contributed by atoms with Crippen LogP contribution in [0.25, 0.3) is 0 Å². The number of nitrogens with zero attached hydrogens (tertiary/aromatic N) is 1. The lowest BCUT2D eigenvalue weighted by molar-refractivity contribution is 0.174. The molecule has 0 radical (unpaired) electrons. The second kappa shape index (κ2) is 8.33. The second-order valence-electron chi connectivity index (χ2n) is 5.63. The zero-order valence-corrected chi connectivity index (χ0v) is 15.2. The Morgan fingerprint density at radius 3 is 2.62 bits per heavy atom. The average molecular weight is 357 g/mol. The standard InChI is InChI=1S/C19H23N3O4/c1-20-19(22-14-5-7-15(23-2)17(11-14)24-3)21-9-8-13-4-6-16-18(10-13)26-12-25-16/h4-7,10-11H,8-9,12H2,1-3H3,(H2,20,21,22). The molecule has 26 heavy (non-hydrogen) atoms. The van der Waals surface area contributed by atoms with Crippen LogP contribution in [0, 0.1) is 0 Å². The van der Waals surface area contributed by atoms with Crippen molar-refractivity contribution >= 4 is 11.6 Å². The topological polar surface area (TPSA) is 73.3 Å². The Balaban J connectivity index is 1.55. The van der Waals surface area contributed by atoms with E-state index in [0.717, 1.165) is 30.2 Å². The van der Waals surface area contributed by atoms with Crippen molar-refractivity contribution in [1.29, 1.82) is 0 Å². The smallest absolute Gasteiger partial charge is 0.231 e. The van der Waals surface area contributed by atoms with Crippen LogP contribution in [0.2, 0.25) is 0 Å². The summed E-state index contributed by atoms with van der Waals surface area (Å²) in [6.07, 6.45) is 0.837. The van der Waals surface area contributed by atoms with Crippen molar-refractivity contribution in [3.05, 3.63) is 42.0 Å². The van der Waals surface area contributed by atoms with Gasteiger partial charge >= 0.3 is 0 Å². The highest BCUT2D eigenvalue weighted by Gasteiger charge is 2.13. The molecule has 0 fully saturated rings. The van der Waals surface area contributed by atoms with E-state index in [-0.39, 0.29) is 0 Å². The van der Waals surface area contributed by atoms with Crippen LogP contribution in [0.15, 0.2) is 41.4 Å². The van der Waals surface area contributed by atoms with E-state index in [1.807, 2.05) is 36.4 Å². The van der Waals surface area contributed by atoms with E-state index in [4.69, 9.17) is 18.9 Å². The van der Waals surface area contributed by atoms with E-state index in [1.54, 1.807) is 21.3 Å². The van der Waals surface area contributed by atoms with Gasteiger partial charge < -0.3 is 29.6 Å². The Morgan fingerprint density at radius 1 is 1.04 bits per heavy atom. The lowest BCUT2D eigenvalue weighted by Crippen LogP contribution is -2.32. The van der Waals surface area contributed by atoms with Gasteiger partial charge in [-0.05, 0) is 36.2 Å². The molecule has 0 saturated heterocycles. The normalized spacial score (nSPS) is 12.7. The lowest BCUT2D eigenvalue weighted by Gasteiger charge is -2.14. The lowest BCUT2D eigenvalue weighted by atomic mass is 10.1. The molecule has 1 aliphatic rings. The number of nitrogens with one attached hydrogen (secondary N) is 2. The minimum Gasteiger partial charge on any atom is -0.493 e. The number of aliphatic imine (C=N–C) groups is 1. The second-order valence-corrected chi connectivity index (χ2v) is 5.63. The van der Waals surface area contributed by atoms with E-state index in [2.05, 4.69) is 15.6 Å². The summed E-state index contributed by atoms with van der Waals surface area (Å²) in [5.41, 5.74) is 2.03. The van der Waals surface area contributed by atoms with Crippen molar-refractivity contribution in [2.75, 3.05) is 39.9 Å². The molecular formula is C19H23N3O4. The molecule has 0 spiro atoms. The quantitative estimate of drug-likeness (QED) is 0.612. The molecule has 3 rings (SSSR count). The molecule has 7 nitrogen and oxygen atoms in total. The van der Waals surface area contributed by atoms with Gasteiger partial charge in [0.1, 0.15) is 0 Å². The molecular weight excluding hydrogens is 334 g/mol. The molecule has 0 bridgehead atoms. The van der Waals surface area contributed by atoms with Gasteiger partial charge in [-0.2, -0.15) is 0 Å². The SMILES string of the molecule is CN=C(NCCc1ccc2c(c1)OCO2)Nc1ccc(OC)c(OC)c1. The van der Waals surface area contributed by atoms with Gasteiger partial charge in [0.15, 0.2) is 29.0 Å². The van der Waals surface area contributed by atoms with Crippen LogP contribution in [0.5, 0.6) is 23.0 Å². The van der Waals surface area contributed by atoms with E-state index in [0.29, 0.717) is 24.3 Å². The first-order valence-electron chi connectivity index (χ1n) is 8.31. The van der Waals surface area contributed by atoms with E-state index in [1.165, 1.54) is 5.56 Å². The van der Waals surface area contributed by atoms with Gasteiger partial charge in [0, 0.05) is 25.3 Å². The first kappa shape index (κ1) is 17.7. The Bertz CT molecular complexity index is 792. The predicted molar refractivity (Wildman–Crippen MR) is 101 cm³/mol. The zero-order chi connectivity index (χ0) is 18.4. The Hall–Kier alpha value is -3.09. The van der Waals surface area contributed by atoms with Crippen LogP contribution >= 0.6 is 0 Å². The maximum absolute atomic E-state index is 5.41. The fourth-order valence-electron chi connectivity index (χ4n) is 2.65. The monoisotopic (exact) mass is 357 g/mol. The molecule has 2 N–H and O–H groups in total. The van der Waals surface area contributed by atoms with Gasteiger partial charge in [0.25, 0.3) is 0 Å². The average Bonchev–Trinajstić information content (AvgIpc) is 3.14. The largest absolute Gasteiger partial charge is 0.493 e. The molecule has 0 aromatic heterocycles. The summed E-state index contributed by atoms with van der Waals surface area (Å²) in [6.45, 7) is 1.02. The molecule has 7 heteroatoms. The molecule has 138 valence electrons. The highest BCUT2D eigenvalue weighted by atomic mass is 16.7. The van der Waals surface area contributed by atoms with Gasteiger partial charge in [0.2, 0.25) is 6.79 Å². The molecule has 0 amide bonds. The number of methoxy groups -OCH3 is 2. The van der Waals surface area contributed by atoms with Gasteiger partial charge in [-0.3, -0.25) is 4.99 Å². The zero-order valence-electron chi connectivity index (χ0n) is 15.2. The molecule has 0 saturated carbocycles. The minimum absolute atomic E-state index is 0.291. The van der Waals surface area contributed by atoms with Gasteiger partial charge in [-0.15, -0.1) is 0 Å². The maximum Gasteiger partial charge on any atom is 0.231 e. The fourth-order valence-corrected chi connectivity index (χ4v) is 2.65. The number of guanidine groups is 1. The van der Waals surface area contributed by atoms with Crippen LogP contribution in [-0.2, 0) is 6.42 Å². The third kappa shape index (κ3) is 4.11. The Morgan fingerprint density at radius 2 is 1.85 bits per heavy atom. The first-order chi connectivity index (χ1) is 12.7. The molecule has 1 aliphatic heterocycles. The predicted octanol–water partition coefficient (Wildman–Crippen LogP) is 2.66. The molecule has 2 aromatic carbocycles. The van der Waals surface area contributed by atoms with Gasteiger partial charge in [0.05, 0.1) is 14.2 Å². The van der Waals surface area contributed by atoms with Crippen molar-refractivity contribution < 1.29 is 18.9 Å². The fraction of sp³-hybridized carbons (Fsp3) is 0.316. The molecule has 1 heterocycles. The van der Waals surface area contributed by atoms with Crippen molar-refractivity contribution in [2.24, 2.45) is 4.99 Å². The third-order valence-electron chi connectivity index (χ3n) is 4.01. The highest BCUT2D eigenvalue weighted by Crippen LogP contribution is 2.32. The maximum atomic E-state index is 5.41. The molecule has 0 unspecified atom stereocenters. The summed E-state index contributed by atoms with van der Waals surface area (Å²) >= 11 is 0. The van der Waals surface area contributed by atoms with Crippen molar-refractivity contribution in [3.63, 3.8) is 0 Å². The number of hydrogen-bond donors (Lipinski definition) is 2. The number of anilines is 1. The van der Waals surface area contributed by atoms with Crippen LogP contribution in [-0.4, -0.2) is 40.6 Å². The Labute approximate surface area is 152 Å². The summed E-state index contributed by atoms with van der Waals surface area (Å²) in [7, 11) is 4.96. The summed E-state index contributed by atoms with van der Waals surface area (Å²) in [5.74, 6) is 3.62. The summed E-state index contributed by atoms with van der Waals surface area (Å²) in [4.78, 5) is 4.25. The van der Waals surface area contributed by atoms with Crippen LogP contribution in [0.4, 0.5) is 5.69 Å². The number of fused-ring (bicyclic) bond motifs is 1. The minimum atomic E-state index is 0.291. The number of ether oxygens (including phenoxy) is 4. The summed E-state index contributed by atoms with van der Waals surface area (Å²) in [5, 5.41) is 6.54. The number of hydrogen-bond acceptors (Lipinski definition) is 5. The third-order valence-corrected chi connectivity index (χ3v) is 4.01. The van der Waals surface area contributed by atoms with Crippen LogP contribution < -0.4 is 29.6 Å². The van der Waals surface area contributed by atoms with Crippen molar-refractivity contribution in [1.82, 2.24) is 5.32 Å². The van der Waals surface area contributed by atoms with Gasteiger partial charge in [-0.25, -0.2) is 0 Å². The van der Waals surface area contributed by atoms with Gasteiger partial charge in [-0.1, -0.05) is 6.07 Å². The van der Waals surface area contributed by atoms with E-state index >= 15 is 0 Å². The summed E-state index contributed by atoms with van der Waals surface area (Å²) < 4.78 is 21.3. The van der Waals surface area contributed by atoms with E-state index < -0.39 is 0 Å². The molecule has 0 atom stereocenters. The number of rotatable bonds is 6. The molecule has 0 aliphatic carbocycles. The molecule has 2 aromatic rings. The highest BCUT2D eigenvalue weighted by molar-refractivity contribution is 5.93. The van der Waals surface area contributed by atoms with Crippen molar-refractivity contribution in [3.8, 4) is 23.0 Å². The van der Waals surface area contributed by atoms with Crippen molar-refractivity contribution in [2.45, 2.75) is 6.42 Å².